The molecule has 0 amide bonds. The summed E-state index contributed by atoms with van der Waals surface area (Å²) in [6, 6.07) is 3.88. The van der Waals surface area contributed by atoms with Crippen LogP contribution in [0.2, 0.25) is 5.02 Å². The highest BCUT2D eigenvalue weighted by Crippen LogP contribution is 2.37. The Balaban J connectivity index is 2.20. The molecule has 17 heavy (non-hydrogen) atoms. The summed E-state index contributed by atoms with van der Waals surface area (Å²) in [6.45, 7) is 2.04. The molecule has 1 heterocycles. The summed E-state index contributed by atoms with van der Waals surface area (Å²) in [5.74, 6) is 1.41. The molecule has 0 bridgehead atoms. The molecule has 0 fully saturated rings. The monoisotopic (exact) mass is 256 g/mol. The maximum absolute atomic E-state index is 6.19. The highest BCUT2D eigenvalue weighted by Gasteiger charge is 2.15. The molecule has 0 saturated carbocycles. The van der Waals surface area contributed by atoms with Gasteiger partial charge in [-0.25, -0.2) is 0 Å². The van der Waals surface area contributed by atoms with Gasteiger partial charge in [0.05, 0.1) is 18.2 Å². The van der Waals surface area contributed by atoms with Crippen LogP contribution in [0.25, 0.3) is 0 Å². The van der Waals surface area contributed by atoms with Gasteiger partial charge in [-0.15, -0.1) is 0 Å². The number of hydrazine groups is 1. The van der Waals surface area contributed by atoms with Gasteiger partial charge in [-0.3, -0.25) is 10.4 Å². The predicted octanol–water partition coefficient (Wildman–Crippen LogP) is 2.07. The van der Waals surface area contributed by atoms with Crippen LogP contribution in [0.15, 0.2) is 12.1 Å². The minimum absolute atomic E-state index is 0.611. The van der Waals surface area contributed by atoms with Crippen molar-refractivity contribution >= 4 is 11.6 Å². The number of hydrogen-bond acceptors (Lipinski definition) is 4. The lowest BCUT2D eigenvalue weighted by atomic mass is 10.2. The van der Waals surface area contributed by atoms with E-state index in [1.807, 2.05) is 31.2 Å². The summed E-state index contributed by atoms with van der Waals surface area (Å²) in [4.78, 5) is 0. The molecule has 0 radical (unpaired) electrons. The summed E-state index contributed by atoms with van der Waals surface area (Å²) < 4.78 is 11.2. The zero-order valence-electron chi connectivity index (χ0n) is 10.1. The molecule has 0 atom stereocenters. The lowest BCUT2D eigenvalue weighted by Crippen LogP contribution is -2.29. The Bertz CT molecular complexity index is 396. The molecule has 4 nitrogen and oxygen atoms in total. The van der Waals surface area contributed by atoms with E-state index in [0.29, 0.717) is 30.5 Å². The molecule has 5 heteroatoms. The maximum atomic E-state index is 6.19. The topological polar surface area (TPSA) is 33.7 Å². The predicted molar refractivity (Wildman–Crippen MR) is 67.6 cm³/mol. The second-order valence-electron chi connectivity index (χ2n) is 4.18. The van der Waals surface area contributed by atoms with Crippen LogP contribution in [0.3, 0.4) is 0 Å². The van der Waals surface area contributed by atoms with Crippen LogP contribution >= 0.6 is 11.6 Å². The van der Waals surface area contributed by atoms with E-state index in [-0.39, 0.29) is 0 Å². The highest BCUT2D eigenvalue weighted by molar-refractivity contribution is 6.32. The molecule has 1 N–H and O–H groups in total. The first-order valence-corrected chi connectivity index (χ1v) is 6.03. The minimum Gasteiger partial charge on any atom is -0.489 e. The van der Waals surface area contributed by atoms with Crippen molar-refractivity contribution in [1.29, 1.82) is 0 Å². The van der Waals surface area contributed by atoms with Crippen molar-refractivity contribution < 1.29 is 9.47 Å². The third kappa shape index (κ3) is 3.25. The number of hydrogen-bond donors (Lipinski definition) is 1. The van der Waals surface area contributed by atoms with Crippen molar-refractivity contribution in [2.75, 3.05) is 27.3 Å². The van der Waals surface area contributed by atoms with E-state index in [2.05, 4.69) is 5.43 Å². The van der Waals surface area contributed by atoms with Gasteiger partial charge in [0.2, 0.25) is 0 Å². The van der Waals surface area contributed by atoms with Crippen LogP contribution < -0.4 is 14.9 Å². The molecule has 1 aromatic carbocycles. The second kappa shape index (κ2) is 5.58. The quantitative estimate of drug-likeness (QED) is 0.840. The van der Waals surface area contributed by atoms with Crippen molar-refractivity contribution in [2.24, 2.45) is 0 Å². The number of nitrogens with zero attached hydrogens (tertiary/aromatic N) is 1. The lowest BCUT2D eigenvalue weighted by molar-refractivity contribution is 0.285. The first-order chi connectivity index (χ1) is 8.16. The molecule has 1 aliphatic rings. The van der Waals surface area contributed by atoms with Gasteiger partial charge < -0.3 is 9.47 Å². The van der Waals surface area contributed by atoms with E-state index in [9.17, 15) is 0 Å². The first-order valence-electron chi connectivity index (χ1n) is 5.65. The summed E-state index contributed by atoms with van der Waals surface area (Å²) in [5, 5.41) is 2.51. The van der Waals surface area contributed by atoms with Gasteiger partial charge in [-0.05, 0) is 17.7 Å². The van der Waals surface area contributed by atoms with Crippen LogP contribution in [-0.2, 0) is 6.54 Å². The zero-order valence-corrected chi connectivity index (χ0v) is 10.9. The smallest absolute Gasteiger partial charge is 0.179 e. The van der Waals surface area contributed by atoms with E-state index in [1.165, 1.54) is 0 Å². The van der Waals surface area contributed by atoms with Crippen molar-refractivity contribution in [3.05, 3.63) is 22.7 Å². The Morgan fingerprint density at radius 3 is 2.82 bits per heavy atom. The van der Waals surface area contributed by atoms with E-state index < -0.39 is 0 Å². The van der Waals surface area contributed by atoms with Gasteiger partial charge in [0, 0.05) is 27.1 Å². The Morgan fingerprint density at radius 2 is 2.06 bits per heavy atom. The molecule has 0 saturated heterocycles. The van der Waals surface area contributed by atoms with Gasteiger partial charge >= 0.3 is 0 Å². The average Bonchev–Trinajstić information content (AvgIpc) is 2.51. The molecule has 0 spiro atoms. The van der Waals surface area contributed by atoms with E-state index >= 15 is 0 Å². The first kappa shape index (κ1) is 12.5. The molecule has 0 aliphatic carbocycles. The van der Waals surface area contributed by atoms with Crippen LogP contribution in [0, 0.1) is 0 Å². The van der Waals surface area contributed by atoms with Crippen LogP contribution in [0.1, 0.15) is 12.0 Å². The van der Waals surface area contributed by atoms with Crippen LogP contribution in [-0.4, -0.2) is 32.3 Å². The number of fused-ring (bicyclic) bond motifs is 1. The Kier molecular flexibility index (Phi) is 4.10. The fourth-order valence-electron chi connectivity index (χ4n) is 1.64. The van der Waals surface area contributed by atoms with E-state index in [1.54, 1.807) is 0 Å². The van der Waals surface area contributed by atoms with E-state index in [0.717, 1.165) is 17.7 Å². The molecular formula is C12H17ClN2O2. The number of nitrogens with one attached hydrogen (secondary N) is 1. The Morgan fingerprint density at radius 1 is 1.29 bits per heavy atom. The van der Waals surface area contributed by atoms with Gasteiger partial charge in [-0.1, -0.05) is 11.6 Å². The standard InChI is InChI=1S/C12H17ClN2O2/c1-15(2)14-8-9-6-10(13)12-11(7-9)16-4-3-5-17-12/h6-7,14H,3-5,8H2,1-2H3. The largest absolute Gasteiger partial charge is 0.489 e. The minimum atomic E-state index is 0.611. The lowest BCUT2D eigenvalue weighted by Gasteiger charge is -2.14. The summed E-state index contributed by atoms with van der Waals surface area (Å²) in [7, 11) is 3.90. The van der Waals surface area contributed by atoms with Crippen molar-refractivity contribution in [3.63, 3.8) is 0 Å². The average molecular weight is 257 g/mol. The number of halogens is 1. The number of rotatable bonds is 3. The fraction of sp³-hybridized carbons (Fsp3) is 0.500. The number of ether oxygens (including phenoxy) is 2. The van der Waals surface area contributed by atoms with Crippen molar-refractivity contribution in [1.82, 2.24) is 10.4 Å². The van der Waals surface area contributed by atoms with Gasteiger partial charge in [0.25, 0.3) is 0 Å². The van der Waals surface area contributed by atoms with Gasteiger partial charge in [0.15, 0.2) is 11.5 Å². The second-order valence-corrected chi connectivity index (χ2v) is 4.59. The Labute approximate surface area is 106 Å². The molecule has 1 aliphatic heterocycles. The highest BCUT2D eigenvalue weighted by atomic mass is 35.5. The third-order valence-corrected chi connectivity index (χ3v) is 2.74. The SMILES string of the molecule is CN(C)NCc1cc(Cl)c2c(c1)OCCCO2. The molecule has 94 valence electrons. The number of benzene rings is 1. The zero-order chi connectivity index (χ0) is 12.3. The van der Waals surface area contributed by atoms with Crippen LogP contribution in [0.5, 0.6) is 11.5 Å². The van der Waals surface area contributed by atoms with Crippen LogP contribution in [0.4, 0.5) is 0 Å². The Hall–Kier alpha value is -0.970. The maximum Gasteiger partial charge on any atom is 0.179 e. The molecule has 0 aromatic heterocycles. The van der Waals surface area contributed by atoms with Gasteiger partial charge in [-0.2, -0.15) is 0 Å². The van der Waals surface area contributed by atoms with E-state index in [4.69, 9.17) is 21.1 Å². The van der Waals surface area contributed by atoms with Crippen molar-refractivity contribution in [2.45, 2.75) is 13.0 Å². The normalized spacial score (nSPS) is 14.8. The summed E-state index contributed by atoms with van der Waals surface area (Å²) in [6.07, 6.45) is 0.885. The third-order valence-electron chi connectivity index (χ3n) is 2.46. The fourth-order valence-corrected chi connectivity index (χ4v) is 1.92. The molecular weight excluding hydrogens is 240 g/mol. The summed E-state index contributed by atoms with van der Waals surface area (Å²) >= 11 is 6.19. The molecule has 2 rings (SSSR count). The van der Waals surface area contributed by atoms with Gasteiger partial charge in [0.1, 0.15) is 0 Å². The molecule has 0 unspecified atom stereocenters. The van der Waals surface area contributed by atoms with Crippen molar-refractivity contribution in [3.8, 4) is 11.5 Å². The summed E-state index contributed by atoms with van der Waals surface area (Å²) in [5.41, 5.74) is 4.27. The molecule has 1 aromatic rings.